The Labute approximate surface area is 131 Å². The average Bonchev–Trinajstić information content (AvgIpc) is 2.92. The van der Waals surface area contributed by atoms with Crippen LogP contribution < -0.4 is 10.6 Å². The molecular weight excluding hydrogens is 282 g/mol. The predicted molar refractivity (Wildman–Crippen MR) is 87.7 cm³/mol. The van der Waals surface area contributed by atoms with E-state index >= 15 is 0 Å². The highest BCUT2D eigenvalue weighted by molar-refractivity contribution is 7.15. The van der Waals surface area contributed by atoms with Crippen LogP contribution in [0.25, 0.3) is 0 Å². The quantitative estimate of drug-likeness (QED) is 0.927. The molecule has 0 unspecified atom stereocenters. The fraction of sp³-hybridized carbons (Fsp3) is 0.812. The van der Waals surface area contributed by atoms with Gasteiger partial charge < -0.3 is 15.4 Å². The zero-order valence-electron chi connectivity index (χ0n) is 13.1. The highest BCUT2D eigenvalue weighted by Gasteiger charge is 2.36. The van der Waals surface area contributed by atoms with Crippen LogP contribution in [-0.4, -0.2) is 25.2 Å². The molecule has 2 heterocycles. The van der Waals surface area contributed by atoms with Crippen LogP contribution in [-0.2, 0) is 17.9 Å². The molecule has 0 aromatic carbocycles. The van der Waals surface area contributed by atoms with Crippen molar-refractivity contribution in [1.29, 1.82) is 0 Å². The molecule has 118 valence electrons. The van der Waals surface area contributed by atoms with Crippen molar-refractivity contribution < 1.29 is 4.74 Å². The molecule has 1 aliphatic heterocycles. The van der Waals surface area contributed by atoms with Crippen molar-refractivity contribution in [3.05, 3.63) is 10.6 Å². The van der Waals surface area contributed by atoms with Gasteiger partial charge in [0.05, 0.1) is 12.3 Å². The normalized spacial score (nSPS) is 21.9. The van der Waals surface area contributed by atoms with E-state index in [1.165, 1.54) is 49.8 Å². The van der Waals surface area contributed by atoms with Gasteiger partial charge >= 0.3 is 0 Å². The Morgan fingerprint density at radius 3 is 2.52 bits per heavy atom. The maximum atomic E-state index is 5.83. The fourth-order valence-electron chi connectivity index (χ4n) is 3.89. The molecule has 0 amide bonds. The maximum absolute atomic E-state index is 5.83. The van der Waals surface area contributed by atoms with Crippen LogP contribution in [0.2, 0.25) is 0 Å². The van der Waals surface area contributed by atoms with Crippen LogP contribution in [0.5, 0.6) is 0 Å². The Kier molecular flexibility index (Phi) is 4.82. The molecule has 1 aromatic rings. The van der Waals surface area contributed by atoms with E-state index < -0.39 is 0 Å². The summed E-state index contributed by atoms with van der Waals surface area (Å²) in [5.74, 6) is 0. The Morgan fingerprint density at radius 1 is 1.19 bits per heavy atom. The minimum Gasteiger partial charge on any atom is -0.378 e. The molecule has 1 aliphatic carbocycles. The first-order valence-corrected chi connectivity index (χ1v) is 9.00. The zero-order valence-corrected chi connectivity index (χ0v) is 13.9. The van der Waals surface area contributed by atoms with Crippen molar-refractivity contribution in [3.8, 4) is 0 Å². The first-order valence-electron chi connectivity index (χ1n) is 8.19. The van der Waals surface area contributed by atoms with Crippen molar-refractivity contribution in [2.24, 2.45) is 11.1 Å². The van der Waals surface area contributed by atoms with E-state index in [2.05, 4.69) is 4.90 Å². The summed E-state index contributed by atoms with van der Waals surface area (Å²) in [4.78, 5) is 8.40. The largest absolute Gasteiger partial charge is 0.378 e. The molecule has 2 aliphatic rings. The molecule has 2 fully saturated rings. The minimum absolute atomic E-state index is 0.564. The van der Waals surface area contributed by atoms with Crippen LogP contribution in [0.1, 0.15) is 55.5 Å². The fourth-order valence-corrected chi connectivity index (χ4v) is 4.88. The molecule has 4 nitrogen and oxygen atoms in total. The predicted octanol–water partition coefficient (Wildman–Crippen LogP) is 3.30. The summed E-state index contributed by atoms with van der Waals surface area (Å²) >= 11 is 1.75. The van der Waals surface area contributed by atoms with Gasteiger partial charge in [0, 0.05) is 31.6 Å². The van der Waals surface area contributed by atoms with Crippen molar-refractivity contribution in [2.45, 2.75) is 58.1 Å². The van der Waals surface area contributed by atoms with E-state index in [4.69, 9.17) is 15.5 Å². The average molecular weight is 309 g/mol. The zero-order chi connectivity index (χ0) is 14.7. The smallest absolute Gasteiger partial charge is 0.185 e. The standard InChI is InChI=1S/C16H27N3OS/c1-20-12-13-14(11-17)21-15(18-13)19-9-7-16(8-10-19)5-3-2-4-6-16/h2-12,17H2,1H3. The van der Waals surface area contributed by atoms with Crippen LogP contribution in [0.4, 0.5) is 5.13 Å². The molecule has 3 rings (SSSR count). The number of hydrogen-bond acceptors (Lipinski definition) is 5. The second-order valence-electron chi connectivity index (χ2n) is 6.55. The monoisotopic (exact) mass is 309 g/mol. The molecule has 1 spiro atoms. The summed E-state index contributed by atoms with van der Waals surface area (Å²) in [5.41, 5.74) is 7.51. The van der Waals surface area contributed by atoms with Crippen molar-refractivity contribution in [3.63, 3.8) is 0 Å². The summed E-state index contributed by atoms with van der Waals surface area (Å²) < 4.78 is 5.23. The summed E-state index contributed by atoms with van der Waals surface area (Å²) in [6, 6.07) is 0. The molecular formula is C16H27N3OS. The maximum Gasteiger partial charge on any atom is 0.185 e. The molecule has 1 aromatic heterocycles. The number of thiazole rings is 1. The third-order valence-electron chi connectivity index (χ3n) is 5.24. The Morgan fingerprint density at radius 2 is 1.90 bits per heavy atom. The molecule has 0 radical (unpaired) electrons. The lowest BCUT2D eigenvalue weighted by atomic mass is 9.68. The second kappa shape index (κ2) is 6.63. The van der Waals surface area contributed by atoms with Crippen molar-refractivity contribution in [1.82, 2.24) is 4.98 Å². The molecule has 5 heteroatoms. The Balaban J connectivity index is 1.66. The number of ether oxygens (including phenoxy) is 1. The van der Waals surface area contributed by atoms with E-state index in [1.54, 1.807) is 18.4 Å². The highest BCUT2D eigenvalue weighted by atomic mass is 32.1. The lowest BCUT2D eigenvalue weighted by Crippen LogP contribution is -2.41. The molecule has 1 saturated carbocycles. The number of anilines is 1. The van der Waals surface area contributed by atoms with Gasteiger partial charge in [-0.3, -0.25) is 0 Å². The number of rotatable bonds is 4. The molecule has 0 bridgehead atoms. The number of aromatic nitrogens is 1. The summed E-state index contributed by atoms with van der Waals surface area (Å²) in [5, 5.41) is 1.15. The van der Waals surface area contributed by atoms with E-state index in [-0.39, 0.29) is 0 Å². The van der Waals surface area contributed by atoms with Gasteiger partial charge in [-0.15, -0.1) is 11.3 Å². The first-order chi connectivity index (χ1) is 10.3. The van der Waals surface area contributed by atoms with Gasteiger partial charge in [-0.05, 0) is 31.1 Å². The first kappa shape index (κ1) is 15.3. The third kappa shape index (κ3) is 3.25. The van der Waals surface area contributed by atoms with Crippen LogP contribution >= 0.6 is 11.3 Å². The second-order valence-corrected chi connectivity index (χ2v) is 7.61. The van der Waals surface area contributed by atoms with Crippen molar-refractivity contribution in [2.75, 3.05) is 25.1 Å². The SMILES string of the molecule is COCc1nc(N2CCC3(CCCCC3)CC2)sc1CN. The topological polar surface area (TPSA) is 51.4 Å². The third-order valence-corrected chi connectivity index (χ3v) is 6.42. The number of nitrogens with two attached hydrogens (primary N) is 1. The highest BCUT2D eigenvalue weighted by Crippen LogP contribution is 2.45. The lowest BCUT2D eigenvalue weighted by molar-refractivity contribution is 0.144. The number of hydrogen-bond donors (Lipinski definition) is 1. The van der Waals surface area contributed by atoms with Crippen LogP contribution in [0.15, 0.2) is 0 Å². The van der Waals surface area contributed by atoms with Gasteiger partial charge in [0.1, 0.15) is 0 Å². The van der Waals surface area contributed by atoms with Gasteiger partial charge in [0.15, 0.2) is 5.13 Å². The number of piperidine rings is 1. The van der Waals surface area contributed by atoms with Gasteiger partial charge in [0.25, 0.3) is 0 Å². The summed E-state index contributed by atoms with van der Waals surface area (Å²) in [6.45, 7) is 3.45. The molecule has 2 N–H and O–H groups in total. The van der Waals surface area contributed by atoms with Crippen LogP contribution in [0.3, 0.4) is 0 Å². The van der Waals surface area contributed by atoms with E-state index in [1.807, 2.05) is 0 Å². The van der Waals surface area contributed by atoms with Gasteiger partial charge in [-0.2, -0.15) is 0 Å². The number of methoxy groups -OCH3 is 1. The van der Waals surface area contributed by atoms with Gasteiger partial charge in [-0.25, -0.2) is 4.98 Å². The van der Waals surface area contributed by atoms with E-state index in [0.29, 0.717) is 18.6 Å². The lowest BCUT2D eigenvalue weighted by Gasteiger charge is -2.44. The molecule has 1 saturated heterocycles. The Hall–Kier alpha value is -0.650. The summed E-state index contributed by atoms with van der Waals surface area (Å²) in [7, 11) is 1.72. The van der Waals surface area contributed by atoms with E-state index in [0.717, 1.165) is 23.9 Å². The van der Waals surface area contributed by atoms with Gasteiger partial charge in [-0.1, -0.05) is 19.3 Å². The Bertz CT molecular complexity index is 458. The van der Waals surface area contributed by atoms with Gasteiger partial charge in [0.2, 0.25) is 0 Å². The minimum atomic E-state index is 0.564. The van der Waals surface area contributed by atoms with E-state index in [9.17, 15) is 0 Å². The molecule has 0 atom stereocenters. The molecule has 21 heavy (non-hydrogen) atoms. The van der Waals surface area contributed by atoms with Crippen molar-refractivity contribution >= 4 is 16.5 Å². The van der Waals surface area contributed by atoms with Crippen LogP contribution in [0, 0.1) is 5.41 Å². The summed E-state index contributed by atoms with van der Waals surface area (Å²) in [6.07, 6.45) is 9.88. The number of nitrogens with zero attached hydrogens (tertiary/aromatic N) is 2.